The van der Waals surface area contributed by atoms with Gasteiger partial charge in [-0.15, -0.1) is 0 Å². The molecule has 2 aromatic carbocycles. The minimum Gasteiger partial charge on any atom is -0.472 e. The number of aliphatic hydroxyl groups excluding tert-OH is 1. The van der Waals surface area contributed by atoms with Gasteiger partial charge in [0.05, 0.1) is 4.90 Å². The van der Waals surface area contributed by atoms with Crippen molar-refractivity contribution in [1.29, 1.82) is 0 Å². The largest absolute Gasteiger partial charge is 0.472 e. The second-order valence-corrected chi connectivity index (χ2v) is 5.73. The third kappa shape index (κ3) is 2.15. The summed E-state index contributed by atoms with van der Waals surface area (Å²) in [6.07, 6.45) is -1.06. The molecule has 0 bridgehead atoms. The number of fused-ring (bicyclic) bond motifs is 1. The topological polar surface area (TPSA) is 46.5 Å². The Bertz CT molecular complexity index is 627. The highest BCUT2D eigenvalue weighted by Gasteiger charge is 2.37. The van der Waals surface area contributed by atoms with E-state index in [0.29, 0.717) is 16.2 Å². The first-order valence-corrected chi connectivity index (χ1v) is 6.98. The van der Waals surface area contributed by atoms with E-state index >= 15 is 0 Å². The normalized spacial score (nSPS) is 22.6. The first-order chi connectivity index (χ1) is 9.16. The van der Waals surface area contributed by atoms with Gasteiger partial charge in [0.15, 0.2) is 0 Å². The van der Waals surface area contributed by atoms with Gasteiger partial charge in [-0.05, 0) is 29.8 Å². The Hall–Kier alpha value is -1.72. The Morgan fingerprint density at radius 2 is 1.84 bits per heavy atom. The third-order valence-electron chi connectivity index (χ3n) is 2.99. The smallest absolute Gasteiger partial charge is 0.207 e. The molecular formula is C14H11FO3S. The highest BCUT2D eigenvalue weighted by Crippen LogP contribution is 2.37. The molecule has 0 amide bonds. The van der Waals surface area contributed by atoms with Gasteiger partial charge < -0.3 is 9.84 Å². The van der Waals surface area contributed by atoms with Crippen molar-refractivity contribution < 1.29 is 18.4 Å². The summed E-state index contributed by atoms with van der Waals surface area (Å²) in [6.45, 7) is 0. The van der Waals surface area contributed by atoms with Gasteiger partial charge in [-0.2, -0.15) is 0 Å². The predicted molar refractivity (Wildman–Crippen MR) is 68.6 cm³/mol. The standard InChI is InChI=1S/C14H11FO3S/c15-10-7-5-9(6-8-10)13(16)14-18-11-3-1-2-4-12(11)19(14)17/h1-8,13-14,16H/t13-,14-,19?/m0/s1. The van der Waals surface area contributed by atoms with E-state index in [1.54, 1.807) is 24.3 Å². The summed E-state index contributed by atoms with van der Waals surface area (Å²) < 4.78 is 30.6. The van der Waals surface area contributed by atoms with Crippen molar-refractivity contribution >= 4 is 10.8 Å². The number of rotatable bonds is 2. The second-order valence-electron chi connectivity index (χ2n) is 4.23. The van der Waals surface area contributed by atoms with Crippen LogP contribution in [0.25, 0.3) is 0 Å². The number of ether oxygens (including phenoxy) is 1. The maximum Gasteiger partial charge on any atom is 0.207 e. The highest BCUT2D eigenvalue weighted by atomic mass is 32.2. The molecule has 0 aromatic heterocycles. The quantitative estimate of drug-likeness (QED) is 0.917. The number of hydrogen-bond donors (Lipinski definition) is 1. The van der Waals surface area contributed by atoms with E-state index in [9.17, 15) is 13.7 Å². The van der Waals surface area contributed by atoms with Crippen LogP contribution in [0.2, 0.25) is 0 Å². The molecule has 19 heavy (non-hydrogen) atoms. The van der Waals surface area contributed by atoms with Crippen LogP contribution in [0.5, 0.6) is 5.75 Å². The predicted octanol–water partition coefficient (Wildman–Crippen LogP) is 2.39. The van der Waals surface area contributed by atoms with Crippen LogP contribution in [0.3, 0.4) is 0 Å². The van der Waals surface area contributed by atoms with E-state index < -0.39 is 22.3 Å². The van der Waals surface area contributed by atoms with Gasteiger partial charge in [0, 0.05) is 0 Å². The Morgan fingerprint density at radius 1 is 1.16 bits per heavy atom. The molecule has 1 heterocycles. The SMILES string of the molecule is O=S1c2ccccc2O[C@@H]1[C@@H](O)c1ccc(F)cc1. The maximum atomic E-state index is 12.8. The van der Waals surface area contributed by atoms with Crippen LogP contribution in [0.4, 0.5) is 4.39 Å². The molecule has 5 heteroatoms. The first kappa shape index (κ1) is 12.3. The highest BCUT2D eigenvalue weighted by molar-refractivity contribution is 7.86. The van der Waals surface area contributed by atoms with Crippen LogP contribution in [0.15, 0.2) is 53.4 Å². The molecule has 3 atom stereocenters. The molecular weight excluding hydrogens is 267 g/mol. The number of benzene rings is 2. The van der Waals surface area contributed by atoms with Crippen molar-refractivity contribution in [2.24, 2.45) is 0 Å². The minimum absolute atomic E-state index is 0.382. The van der Waals surface area contributed by atoms with Crippen molar-refractivity contribution in [2.75, 3.05) is 0 Å². The molecule has 0 aliphatic carbocycles. The zero-order chi connectivity index (χ0) is 13.4. The van der Waals surface area contributed by atoms with Crippen LogP contribution in [-0.4, -0.2) is 14.8 Å². The molecule has 0 spiro atoms. The lowest BCUT2D eigenvalue weighted by molar-refractivity contribution is 0.0885. The Kier molecular flexibility index (Phi) is 3.08. The van der Waals surface area contributed by atoms with Gasteiger partial charge in [-0.3, -0.25) is 4.21 Å². The molecule has 98 valence electrons. The fraction of sp³-hybridized carbons (Fsp3) is 0.143. The molecule has 1 aliphatic rings. The summed E-state index contributed by atoms with van der Waals surface area (Å²) in [5, 5.41) is 10.2. The van der Waals surface area contributed by atoms with Crippen LogP contribution in [0.1, 0.15) is 11.7 Å². The molecule has 0 radical (unpaired) electrons. The van der Waals surface area contributed by atoms with E-state index in [0.717, 1.165) is 0 Å². The number of halogens is 1. The van der Waals surface area contributed by atoms with Gasteiger partial charge >= 0.3 is 0 Å². The average molecular weight is 278 g/mol. The van der Waals surface area contributed by atoms with Gasteiger partial charge in [-0.25, -0.2) is 4.39 Å². The number of aliphatic hydroxyl groups is 1. The van der Waals surface area contributed by atoms with Crippen molar-refractivity contribution in [3.05, 3.63) is 59.9 Å². The summed E-state index contributed by atoms with van der Waals surface area (Å²) in [5.41, 5.74) is -0.379. The Balaban J connectivity index is 1.89. The fourth-order valence-corrected chi connectivity index (χ4v) is 3.37. The van der Waals surface area contributed by atoms with Crippen LogP contribution in [-0.2, 0) is 10.8 Å². The van der Waals surface area contributed by atoms with Crippen LogP contribution >= 0.6 is 0 Å². The molecule has 3 nitrogen and oxygen atoms in total. The fourth-order valence-electron chi connectivity index (χ4n) is 2.01. The molecule has 0 fully saturated rings. The minimum atomic E-state index is -1.44. The number of para-hydroxylation sites is 1. The number of hydrogen-bond acceptors (Lipinski definition) is 3. The molecule has 0 saturated carbocycles. The Labute approximate surface area is 112 Å². The van der Waals surface area contributed by atoms with Gasteiger partial charge in [-0.1, -0.05) is 24.3 Å². The van der Waals surface area contributed by atoms with Crippen molar-refractivity contribution in [1.82, 2.24) is 0 Å². The van der Waals surface area contributed by atoms with Crippen LogP contribution in [0, 0.1) is 5.82 Å². The summed E-state index contributed by atoms with van der Waals surface area (Å²) in [5.74, 6) is 0.139. The van der Waals surface area contributed by atoms with E-state index in [-0.39, 0.29) is 5.82 Å². The van der Waals surface area contributed by atoms with E-state index in [1.807, 2.05) is 0 Å². The van der Waals surface area contributed by atoms with E-state index in [4.69, 9.17) is 4.74 Å². The van der Waals surface area contributed by atoms with Gasteiger partial charge in [0.2, 0.25) is 5.44 Å². The summed E-state index contributed by atoms with van der Waals surface area (Å²) in [4.78, 5) is 0.577. The lowest BCUT2D eigenvalue weighted by Crippen LogP contribution is -2.25. The van der Waals surface area contributed by atoms with Crippen LogP contribution < -0.4 is 4.74 Å². The van der Waals surface area contributed by atoms with Crippen molar-refractivity contribution in [2.45, 2.75) is 16.4 Å². The first-order valence-electron chi connectivity index (χ1n) is 5.76. The molecule has 0 saturated heterocycles. The zero-order valence-electron chi connectivity index (χ0n) is 9.82. The lowest BCUT2D eigenvalue weighted by Gasteiger charge is -2.17. The molecule has 2 aromatic rings. The van der Waals surface area contributed by atoms with Crippen molar-refractivity contribution in [3.8, 4) is 5.75 Å². The average Bonchev–Trinajstić information content (AvgIpc) is 2.77. The third-order valence-corrected chi connectivity index (χ3v) is 4.54. The van der Waals surface area contributed by atoms with E-state index in [2.05, 4.69) is 0 Å². The molecule has 3 rings (SSSR count). The molecule has 1 N–H and O–H groups in total. The van der Waals surface area contributed by atoms with Gasteiger partial charge in [0.25, 0.3) is 0 Å². The second kappa shape index (κ2) is 4.75. The van der Waals surface area contributed by atoms with Gasteiger partial charge in [0.1, 0.15) is 28.5 Å². The Morgan fingerprint density at radius 3 is 2.53 bits per heavy atom. The summed E-state index contributed by atoms with van der Waals surface area (Å²) >= 11 is 0. The monoisotopic (exact) mass is 278 g/mol. The molecule has 1 aliphatic heterocycles. The lowest BCUT2D eigenvalue weighted by atomic mass is 10.1. The maximum absolute atomic E-state index is 12.8. The summed E-state index contributed by atoms with van der Waals surface area (Å²) in [6, 6.07) is 12.4. The zero-order valence-corrected chi connectivity index (χ0v) is 10.6. The summed E-state index contributed by atoms with van der Waals surface area (Å²) in [7, 11) is -1.44. The van der Waals surface area contributed by atoms with E-state index in [1.165, 1.54) is 24.3 Å². The molecule has 1 unspecified atom stereocenters. The van der Waals surface area contributed by atoms with Crippen molar-refractivity contribution in [3.63, 3.8) is 0 Å².